The van der Waals surface area contributed by atoms with Crippen molar-refractivity contribution >= 4 is 11.6 Å². The molecule has 0 atom stereocenters. The number of nitriles is 1. The molecule has 0 radical (unpaired) electrons. The Morgan fingerprint density at radius 3 is 2.76 bits per heavy atom. The number of carbonyl (C=O) groups is 1. The maximum Gasteiger partial charge on any atom is 0.257 e. The summed E-state index contributed by atoms with van der Waals surface area (Å²) in [5.74, 6) is -0.277. The maximum atomic E-state index is 11.8. The number of amides is 1. The number of benzene rings is 1. The number of carbonyl (C=O) groups excluding carboxylic acids is 1. The average molecular weight is 223 g/mol. The van der Waals surface area contributed by atoms with Crippen molar-refractivity contribution in [3.05, 3.63) is 59.9 Å². The molecular weight excluding hydrogens is 214 g/mol. The van der Waals surface area contributed by atoms with E-state index in [1.807, 2.05) is 6.07 Å². The minimum atomic E-state index is -0.277. The summed E-state index contributed by atoms with van der Waals surface area (Å²) in [6, 6.07) is 12.2. The average Bonchev–Trinajstić information content (AvgIpc) is 2.40. The number of para-hydroxylation sites is 1. The van der Waals surface area contributed by atoms with Gasteiger partial charge >= 0.3 is 0 Å². The van der Waals surface area contributed by atoms with Crippen molar-refractivity contribution in [1.82, 2.24) is 4.98 Å². The second-order valence-corrected chi connectivity index (χ2v) is 3.35. The van der Waals surface area contributed by atoms with Crippen molar-refractivity contribution in [2.24, 2.45) is 0 Å². The number of anilines is 1. The Morgan fingerprint density at radius 2 is 2.06 bits per heavy atom. The van der Waals surface area contributed by atoms with Gasteiger partial charge in [0.05, 0.1) is 16.8 Å². The van der Waals surface area contributed by atoms with E-state index in [1.165, 1.54) is 6.20 Å². The van der Waals surface area contributed by atoms with E-state index in [0.717, 1.165) is 0 Å². The van der Waals surface area contributed by atoms with Gasteiger partial charge in [0.1, 0.15) is 6.07 Å². The van der Waals surface area contributed by atoms with E-state index in [2.05, 4.69) is 10.3 Å². The molecule has 4 heteroatoms. The van der Waals surface area contributed by atoms with Gasteiger partial charge in [0, 0.05) is 12.4 Å². The molecule has 0 saturated heterocycles. The van der Waals surface area contributed by atoms with Crippen molar-refractivity contribution < 1.29 is 4.79 Å². The number of nitrogens with zero attached hydrogens (tertiary/aromatic N) is 2. The largest absolute Gasteiger partial charge is 0.321 e. The lowest BCUT2D eigenvalue weighted by Gasteiger charge is -2.05. The van der Waals surface area contributed by atoms with Gasteiger partial charge < -0.3 is 5.32 Å². The number of pyridine rings is 1. The predicted octanol–water partition coefficient (Wildman–Crippen LogP) is 2.21. The summed E-state index contributed by atoms with van der Waals surface area (Å²) in [5.41, 5.74) is 1.40. The van der Waals surface area contributed by atoms with Gasteiger partial charge in [-0.05, 0) is 24.3 Å². The molecule has 1 amide bonds. The summed E-state index contributed by atoms with van der Waals surface area (Å²) in [4.78, 5) is 15.7. The van der Waals surface area contributed by atoms with Gasteiger partial charge in [0.2, 0.25) is 0 Å². The standard InChI is InChI=1S/C13H9N3O/c14-8-10-4-1-2-6-12(10)16-13(17)11-5-3-7-15-9-11/h1-7,9H,(H,16,17). The lowest BCUT2D eigenvalue weighted by atomic mass is 10.2. The zero-order valence-corrected chi connectivity index (χ0v) is 8.92. The smallest absolute Gasteiger partial charge is 0.257 e. The summed E-state index contributed by atoms with van der Waals surface area (Å²) >= 11 is 0. The van der Waals surface area contributed by atoms with E-state index in [4.69, 9.17) is 5.26 Å². The Hall–Kier alpha value is -2.67. The van der Waals surface area contributed by atoms with Crippen LogP contribution in [0.1, 0.15) is 15.9 Å². The molecule has 4 nitrogen and oxygen atoms in total. The van der Waals surface area contributed by atoms with Crippen LogP contribution in [0.15, 0.2) is 48.8 Å². The Kier molecular flexibility index (Phi) is 3.13. The molecule has 1 aromatic carbocycles. The van der Waals surface area contributed by atoms with Gasteiger partial charge in [-0.25, -0.2) is 0 Å². The van der Waals surface area contributed by atoms with E-state index >= 15 is 0 Å². The minimum absolute atomic E-state index is 0.277. The zero-order chi connectivity index (χ0) is 12.1. The first-order valence-corrected chi connectivity index (χ1v) is 5.02. The Morgan fingerprint density at radius 1 is 1.24 bits per heavy atom. The quantitative estimate of drug-likeness (QED) is 0.848. The summed E-state index contributed by atoms with van der Waals surface area (Å²) in [6.45, 7) is 0. The van der Waals surface area contributed by atoms with Crippen LogP contribution < -0.4 is 5.32 Å². The fourth-order valence-electron chi connectivity index (χ4n) is 1.38. The summed E-state index contributed by atoms with van der Waals surface area (Å²) in [5, 5.41) is 11.6. The molecular formula is C13H9N3O. The van der Waals surface area contributed by atoms with Gasteiger partial charge in [-0.1, -0.05) is 12.1 Å². The number of aromatic nitrogens is 1. The summed E-state index contributed by atoms with van der Waals surface area (Å²) < 4.78 is 0. The van der Waals surface area contributed by atoms with E-state index in [-0.39, 0.29) is 5.91 Å². The van der Waals surface area contributed by atoms with Crippen molar-refractivity contribution in [3.63, 3.8) is 0 Å². The van der Waals surface area contributed by atoms with Crippen LogP contribution in [-0.2, 0) is 0 Å². The Balaban J connectivity index is 2.23. The molecule has 0 aliphatic rings. The molecule has 0 aliphatic heterocycles. The van der Waals surface area contributed by atoms with Gasteiger partial charge in [-0.15, -0.1) is 0 Å². The maximum absolute atomic E-state index is 11.8. The fourth-order valence-corrected chi connectivity index (χ4v) is 1.38. The predicted molar refractivity (Wildman–Crippen MR) is 63.3 cm³/mol. The summed E-state index contributed by atoms with van der Waals surface area (Å²) in [6.07, 6.45) is 3.07. The van der Waals surface area contributed by atoms with E-state index in [1.54, 1.807) is 42.6 Å². The van der Waals surface area contributed by atoms with E-state index in [9.17, 15) is 4.79 Å². The Labute approximate surface area is 98.5 Å². The highest BCUT2D eigenvalue weighted by molar-refractivity contribution is 6.04. The topological polar surface area (TPSA) is 65.8 Å². The van der Waals surface area contributed by atoms with Crippen LogP contribution in [0.5, 0.6) is 0 Å². The van der Waals surface area contributed by atoms with Gasteiger partial charge in [0.25, 0.3) is 5.91 Å². The van der Waals surface area contributed by atoms with Crippen molar-refractivity contribution in [2.45, 2.75) is 0 Å². The first-order valence-electron chi connectivity index (χ1n) is 5.02. The minimum Gasteiger partial charge on any atom is -0.321 e. The van der Waals surface area contributed by atoms with Gasteiger partial charge in [0.15, 0.2) is 0 Å². The molecule has 0 saturated carbocycles. The molecule has 1 heterocycles. The second kappa shape index (κ2) is 4.90. The molecule has 0 fully saturated rings. The molecule has 0 aliphatic carbocycles. The van der Waals surface area contributed by atoms with Crippen LogP contribution in [-0.4, -0.2) is 10.9 Å². The molecule has 0 unspecified atom stereocenters. The van der Waals surface area contributed by atoms with Crippen LogP contribution in [0.25, 0.3) is 0 Å². The third-order valence-corrected chi connectivity index (χ3v) is 2.22. The Bertz CT molecular complexity index is 573. The van der Waals surface area contributed by atoms with Gasteiger partial charge in [-0.3, -0.25) is 9.78 Å². The number of hydrogen-bond acceptors (Lipinski definition) is 3. The number of nitrogens with one attached hydrogen (secondary N) is 1. The highest BCUT2D eigenvalue weighted by Crippen LogP contribution is 2.14. The van der Waals surface area contributed by atoms with Gasteiger partial charge in [-0.2, -0.15) is 5.26 Å². The van der Waals surface area contributed by atoms with Crippen LogP contribution in [0.4, 0.5) is 5.69 Å². The van der Waals surface area contributed by atoms with Crippen LogP contribution in [0.2, 0.25) is 0 Å². The first-order chi connectivity index (χ1) is 8.31. The molecule has 2 aromatic rings. The highest BCUT2D eigenvalue weighted by Gasteiger charge is 2.07. The molecule has 0 bridgehead atoms. The van der Waals surface area contributed by atoms with Crippen molar-refractivity contribution in [1.29, 1.82) is 5.26 Å². The van der Waals surface area contributed by atoms with E-state index in [0.29, 0.717) is 16.8 Å². The monoisotopic (exact) mass is 223 g/mol. The molecule has 17 heavy (non-hydrogen) atoms. The first kappa shape index (κ1) is 10.8. The second-order valence-electron chi connectivity index (χ2n) is 3.35. The number of hydrogen-bond donors (Lipinski definition) is 1. The number of rotatable bonds is 2. The third-order valence-electron chi connectivity index (χ3n) is 2.22. The van der Waals surface area contributed by atoms with Crippen molar-refractivity contribution in [2.75, 3.05) is 5.32 Å². The SMILES string of the molecule is N#Cc1ccccc1NC(=O)c1cccnc1. The fraction of sp³-hybridized carbons (Fsp3) is 0. The van der Waals surface area contributed by atoms with Crippen LogP contribution >= 0.6 is 0 Å². The third kappa shape index (κ3) is 2.47. The lowest BCUT2D eigenvalue weighted by molar-refractivity contribution is 0.102. The summed E-state index contributed by atoms with van der Waals surface area (Å²) in [7, 11) is 0. The molecule has 2 rings (SSSR count). The molecule has 0 spiro atoms. The van der Waals surface area contributed by atoms with Crippen LogP contribution in [0.3, 0.4) is 0 Å². The van der Waals surface area contributed by atoms with E-state index < -0.39 is 0 Å². The molecule has 1 N–H and O–H groups in total. The lowest BCUT2D eigenvalue weighted by Crippen LogP contribution is -2.12. The highest BCUT2D eigenvalue weighted by atomic mass is 16.1. The molecule has 1 aromatic heterocycles. The molecule has 82 valence electrons. The normalized spacial score (nSPS) is 9.35. The zero-order valence-electron chi connectivity index (χ0n) is 8.92. The van der Waals surface area contributed by atoms with Crippen molar-refractivity contribution in [3.8, 4) is 6.07 Å². The van der Waals surface area contributed by atoms with Crippen LogP contribution in [0, 0.1) is 11.3 Å².